The highest BCUT2D eigenvalue weighted by atomic mass is 19.4. The molecule has 36 heavy (non-hydrogen) atoms. The van der Waals surface area contributed by atoms with Crippen molar-refractivity contribution < 1.29 is 13.2 Å². The summed E-state index contributed by atoms with van der Waals surface area (Å²) in [6, 6.07) is 3.15. The third-order valence-electron chi connectivity index (χ3n) is 5.59. The number of nitriles is 1. The number of nitrogens with one attached hydrogen (secondary N) is 2. The van der Waals surface area contributed by atoms with Gasteiger partial charge in [-0.05, 0) is 26.1 Å². The van der Waals surface area contributed by atoms with E-state index < -0.39 is 11.7 Å². The fraction of sp³-hybridized carbons (Fsp3) is 0.304. The van der Waals surface area contributed by atoms with Gasteiger partial charge in [-0.2, -0.15) is 18.4 Å². The minimum atomic E-state index is -4.58. The van der Waals surface area contributed by atoms with Crippen LogP contribution in [0.4, 0.5) is 25.1 Å². The van der Waals surface area contributed by atoms with E-state index in [2.05, 4.69) is 47.5 Å². The Labute approximate surface area is 205 Å². The Morgan fingerprint density at radius 3 is 2.58 bits per heavy atom. The summed E-state index contributed by atoms with van der Waals surface area (Å²) in [5, 5.41) is 15.8. The molecule has 0 saturated carbocycles. The molecule has 10 nitrogen and oxygen atoms in total. The van der Waals surface area contributed by atoms with Crippen molar-refractivity contribution in [1.82, 2.24) is 29.8 Å². The van der Waals surface area contributed by atoms with Gasteiger partial charge >= 0.3 is 6.18 Å². The molecule has 0 amide bonds. The number of pyridine rings is 1. The molecule has 4 heterocycles. The molecule has 1 fully saturated rings. The highest BCUT2D eigenvalue weighted by Gasteiger charge is 2.31. The Balaban J connectivity index is 1.49. The molecule has 0 spiro atoms. The Kier molecular flexibility index (Phi) is 7.25. The quantitative estimate of drug-likeness (QED) is 0.447. The molecule has 186 valence electrons. The standard InChI is InChI=1S/C23H23F3N10/c1-36-3-2-18(13-36)34-21-30-7-14(8-31-21)9-32-22-33-11-16(5-27)20(35-22)19(6-28)15-4-17(12-29-10-15)23(24,25)26/h4,6-8,10-12,18H,2-3,9,13,28H2,1H3,(H,30,31,34)(H,32,33,35)/b19-6+/t18-/m0/s1. The maximum Gasteiger partial charge on any atom is 0.417 e. The molecule has 0 unspecified atom stereocenters. The number of aromatic nitrogens is 5. The monoisotopic (exact) mass is 496 g/mol. The number of nitrogens with zero attached hydrogens (tertiary/aromatic N) is 7. The number of alkyl halides is 3. The van der Waals surface area contributed by atoms with Gasteiger partial charge in [0.2, 0.25) is 11.9 Å². The van der Waals surface area contributed by atoms with E-state index in [9.17, 15) is 18.4 Å². The van der Waals surface area contributed by atoms with Gasteiger partial charge in [-0.25, -0.2) is 19.9 Å². The van der Waals surface area contributed by atoms with Crippen molar-refractivity contribution in [2.24, 2.45) is 5.73 Å². The number of rotatable bonds is 7. The minimum Gasteiger partial charge on any atom is -0.404 e. The highest BCUT2D eigenvalue weighted by molar-refractivity contribution is 5.80. The van der Waals surface area contributed by atoms with Crippen LogP contribution in [0.1, 0.15) is 34.4 Å². The SMILES string of the molecule is CN1CC[C@H](Nc2ncc(CNc3ncc(C#N)c(/C(=C/N)c4cncc(C(F)(F)F)c4)n3)cn2)C1. The number of likely N-dealkylation sites (N-methyl/N-ethyl adjacent to an activating group) is 1. The second kappa shape index (κ2) is 10.5. The van der Waals surface area contributed by atoms with Gasteiger partial charge in [0.1, 0.15) is 6.07 Å². The van der Waals surface area contributed by atoms with E-state index in [1.807, 2.05) is 6.07 Å². The summed E-state index contributed by atoms with van der Waals surface area (Å²) in [7, 11) is 2.07. The molecular formula is C23H23F3N10. The van der Waals surface area contributed by atoms with E-state index in [4.69, 9.17) is 5.73 Å². The third kappa shape index (κ3) is 5.84. The van der Waals surface area contributed by atoms with Gasteiger partial charge in [0.05, 0.1) is 23.0 Å². The van der Waals surface area contributed by atoms with Crippen LogP contribution in [0.25, 0.3) is 5.57 Å². The Hall–Kier alpha value is -4.31. The summed E-state index contributed by atoms with van der Waals surface area (Å²) in [4.78, 5) is 23.0. The van der Waals surface area contributed by atoms with Gasteiger partial charge in [-0.15, -0.1) is 0 Å². The molecule has 0 aromatic carbocycles. The van der Waals surface area contributed by atoms with Gasteiger partial charge in [0.15, 0.2) is 0 Å². The van der Waals surface area contributed by atoms with Crippen molar-refractivity contribution in [2.75, 3.05) is 30.8 Å². The van der Waals surface area contributed by atoms with E-state index in [0.717, 1.165) is 37.3 Å². The van der Waals surface area contributed by atoms with Crippen LogP contribution in [0.15, 0.2) is 43.3 Å². The highest BCUT2D eigenvalue weighted by Crippen LogP contribution is 2.32. The Morgan fingerprint density at radius 1 is 1.19 bits per heavy atom. The average molecular weight is 497 g/mol. The van der Waals surface area contributed by atoms with Crippen LogP contribution in [-0.4, -0.2) is 56.0 Å². The molecule has 1 aliphatic heterocycles. The van der Waals surface area contributed by atoms with Crippen molar-refractivity contribution in [2.45, 2.75) is 25.2 Å². The van der Waals surface area contributed by atoms with Crippen molar-refractivity contribution in [3.05, 3.63) is 71.2 Å². The van der Waals surface area contributed by atoms with E-state index in [1.165, 1.54) is 12.4 Å². The summed E-state index contributed by atoms with van der Waals surface area (Å²) in [5.74, 6) is 0.697. The predicted octanol–water partition coefficient (Wildman–Crippen LogP) is 2.63. The summed E-state index contributed by atoms with van der Waals surface area (Å²) in [6.07, 6.45) is 4.09. The van der Waals surface area contributed by atoms with Gasteiger partial charge in [0, 0.05) is 66.8 Å². The number of nitrogens with two attached hydrogens (primary N) is 1. The number of anilines is 2. The lowest BCUT2D eigenvalue weighted by Gasteiger charge is -2.13. The molecule has 0 radical (unpaired) electrons. The first-order valence-corrected chi connectivity index (χ1v) is 11.0. The normalized spacial score (nSPS) is 16.5. The maximum absolute atomic E-state index is 13.2. The second-order valence-corrected chi connectivity index (χ2v) is 8.27. The first-order chi connectivity index (χ1) is 17.3. The van der Waals surface area contributed by atoms with Gasteiger partial charge in [0.25, 0.3) is 0 Å². The van der Waals surface area contributed by atoms with Crippen LogP contribution in [0.2, 0.25) is 0 Å². The number of hydrogen-bond donors (Lipinski definition) is 3. The molecule has 1 atom stereocenters. The summed E-state index contributed by atoms with van der Waals surface area (Å²) in [6.45, 7) is 2.24. The van der Waals surface area contributed by atoms with E-state index in [0.29, 0.717) is 18.2 Å². The van der Waals surface area contributed by atoms with Crippen molar-refractivity contribution in [3.8, 4) is 6.07 Å². The van der Waals surface area contributed by atoms with Crippen LogP contribution < -0.4 is 16.4 Å². The van der Waals surface area contributed by atoms with Crippen LogP contribution in [0.3, 0.4) is 0 Å². The molecule has 1 saturated heterocycles. The smallest absolute Gasteiger partial charge is 0.404 e. The van der Waals surface area contributed by atoms with Crippen molar-refractivity contribution >= 4 is 17.5 Å². The molecule has 13 heteroatoms. The van der Waals surface area contributed by atoms with Crippen LogP contribution in [0.5, 0.6) is 0 Å². The van der Waals surface area contributed by atoms with Gasteiger partial charge in [-0.3, -0.25) is 4.98 Å². The third-order valence-corrected chi connectivity index (χ3v) is 5.59. The topological polar surface area (TPSA) is 142 Å². The van der Waals surface area contributed by atoms with Crippen LogP contribution in [0, 0.1) is 11.3 Å². The zero-order valence-electron chi connectivity index (χ0n) is 19.3. The van der Waals surface area contributed by atoms with Crippen molar-refractivity contribution in [1.29, 1.82) is 5.26 Å². The number of halogens is 3. The molecule has 0 aliphatic carbocycles. The fourth-order valence-electron chi connectivity index (χ4n) is 3.75. The van der Waals surface area contributed by atoms with Crippen LogP contribution >= 0.6 is 0 Å². The maximum atomic E-state index is 13.2. The summed E-state index contributed by atoms with van der Waals surface area (Å²) < 4.78 is 39.5. The molecule has 3 aromatic rings. The zero-order valence-corrected chi connectivity index (χ0v) is 19.3. The van der Waals surface area contributed by atoms with E-state index >= 15 is 0 Å². The molecule has 4 rings (SSSR count). The van der Waals surface area contributed by atoms with Gasteiger partial charge in [-0.1, -0.05) is 0 Å². The number of likely N-dealkylation sites (tertiary alicyclic amines) is 1. The van der Waals surface area contributed by atoms with E-state index in [-0.39, 0.29) is 34.9 Å². The Morgan fingerprint density at radius 2 is 1.94 bits per heavy atom. The van der Waals surface area contributed by atoms with E-state index in [1.54, 1.807) is 12.4 Å². The minimum absolute atomic E-state index is 0.0472. The van der Waals surface area contributed by atoms with Gasteiger partial charge < -0.3 is 21.3 Å². The lowest BCUT2D eigenvalue weighted by molar-refractivity contribution is -0.137. The molecule has 4 N–H and O–H groups in total. The average Bonchev–Trinajstić information content (AvgIpc) is 3.28. The van der Waals surface area contributed by atoms with Crippen molar-refractivity contribution in [3.63, 3.8) is 0 Å². The number of hydrogen-bond acceptors (Lipinski definition) is 10. The second-order valence-electron chi connectivity index (χ2n) is 8.27. The fourth-order valence-corrected chi connectivity index (χ4v) is 3.75. The summed E-state index contributed by atoms with van der Waals surface area (Å²) in [5.41, 5.74) is 5.86. The first kappa shape index (κ1) is 24.8. The lowest BCUT2D eigenvalue weighted by atomic mass is 10.0. The summed E-state index contributed by atoms with van der Waals surface area (Å²) >= 11 is 0. The zero-order chi connectivity index (χ0) is 25.7. The predicted molar refractivity (Wildman–Crippen MR) is 126 cm³/mol. The molecule has 3 aromatic heterocycles. The van der Waals surface area contributed by atoms with Crippen LogP contribution in [-0.2, 0) is 12.7 Å². The molecule has 1 aliphatic rings. The molecular weight excluding hydrogens is 473 g/mol. The molecule has 0 bridgehead atoms. The lowest BCUT2D eigenvalue weighted by Crippen LogP contribution is -2.24. The largest absolute Gasteiger partial charge is 0.417 e. The Bertz CT molecular complexity index is 1280. The first-order valence-electron chi connectivity index (χ1n) is 11.0.